The number of nitrogens with one attached hydrogen (secondary N) is 2. The van der Waals surface area contributed by atoms with E-state index in [4.69, 9.17) is 4.42 Å². The maximum absolute atomic E-state index is 11.9. The standard InChI is InChI=1S/C15H16N2O3/c1-3-11-7-4-6-10(2)13(11)16-15(19)17-14(18)12-8-5-9-20-12/h4-9H,3H2,1-2H3,(H2,16,17,18,19). The van der Waals surface area contributed by atoms with E-state index in [-0.39, 0.29) is 5.76 Å². The number of urea groups is 1. The zero-order valence-electron chi connectivity index (χ0n) is 11.4. The number of hydrogen-bond acceptors (Lipinski definition) is 3. The van der Waals surface area contributed by atoms with Crippen LogP contribution in [0.1, 0.15) is 28.6 Å². The summed E-state index contributed by atoms with van der Waals surface area (Å²) in [7, 11) is 0. The SMILES string of the molecule is CCc1cccc(C)c1NC(=O)NC(=O)c1ccco1. The highest BCUT2D eigenvalue weighted by Gasteiger charge is 2.14. The molecule has 1 heterocycles. The van der Waals surface area contributed by atoms with Crippen molar-refractivity contribution in [3.8, 4) is 0 Å². The van der Waals surface area contributed by atoms with Crippen LogP contribution >= 0.6 is 0 Å². The fourth-order valence-electron chi connectivity index (χ4n) is 1.92. The number of carbonyl (C=O) groups is 2. The van der Waals surface area contributed by atoms with Gasteiger partial charge in [0.15, 0.2) is 5.76 Å². The predicted octanol–water partition coefficient (Wildman–Crippen LogP) is 3.11. The number of benzene rings is 1. The molecule has 0 aliphatic carbocycles. The summed E-state index contributed by atoms with van der Waals surface area (Å²) in [6.45, 7) is 3.91. The molecule has 0 aliphatic rings. The van der Waals surface area contributed by atoms with Crippen LogP contribution in [0.25, 0.3) is 0 Å². The van der Waals surface area contributed by atoms with E-state index in [1.54, 1.807) is 6.07 Å². The van der Waals surface area contributed by atoms with Crippen molar-refractivity contribution in [2.45, 2.75) is 20.3 Å². The predicted molar refractivity (Wildman–Crippen MR) is 75.7 cm³/mol. The Morgan fingerprint density at radius 1 is 1.20 bits per heavy atom. The third-order valence-electron chi connectivity index (χ3n) is 2.95. The van der Waals surface area contributed by atoms with Gasteiger partial charge in [-0.05, 0) is 36.6 Å². The molecule has 1 aromatic carbocycles. The van der Waals surface area contributed by atoms with E-state index in [0.717, 1.165) is 23.2 Å². The zero-order chi connectivity index (χ0) is 14.5. The normalized spacial score (nSPS) is 10.1. The molecule has 1 aromatic heterocycles. The van der Waals surface area contributed by atoms with Crippen LogP contribution in [0.2, 0.25) is 0 Å². The number of imide groups is 1. The quantitative estimate of drug-likeness (QED) is 0.901. The Morgan fingerprint density at radius 3 is 2.65 bits per heavy atom. The largest absolute Gasteiger partial charge is 0.459 e. The highest BCUT2D eigenvalue weighted by atomic mass is 16.3. The number of aryl methyl sites for hydroxylation is 2. The molecule has 5 nitrogen and oxygen atoms in total. The molecule has 0 saturated carbocycles. The van der Waals surface area contributed by atoms with Gasteiger partial charge in [-0.25, -0.2) is 4.79 Å². The molecule has 0 aliphatic heterocycles. The molecule has 2 aromatic rings. The number of furan rings is 1. The zero-order valence-corrected chi connectivity index (χ0v) is 11.4. The van der Waals surface area contributed by atoms with Crippen molar-refractivity contribution in [2.75, 3.05) is 5.32 Å². The first kappa shape index (κ1) is 13.9. The minimum Gasteiger partial charge on any atom is -0.459 e. The topological polar surface area (TPSA) is 71.3 Å². The molecule has 0 atom stereocenters. The van der Waals surface area contributed by atoms with Crippen LogP contribution in [-0.4, -0.2) is 11.9 Å². The number of carbonyl (C=O) groups excluding carboxylic acids is 2. The van der Waals surface area contributed by atoms with Gasteiger partial charge in [0.25, 0.3) is 5.91 Å². The van der Waals surface area contributed by atoms with E-state index >= 15 is 0 Å². The van der Waals surface area contributed by atoms with Crippen LogP contribution in [0.15, 0.2) is 41.0 Å². The molecule has 0 fully saturated rings. The van der Waals surface area contributed by atoms with Crippen molar-refractivity contribution in [2.24, 2.45) is 0 Å². The molecular weight excluding hydrogens is 256 g/mol. The molecule has 104 valence electrons. The first-order chi connectivity index (χ1) is 9.61. The number of para-hydroxylation sites is 1. The summed E-state index contributed by atoms with van der Waals surface area (Å²) in [5.41, 5.74) is 2.70. The number of anilines is 1. The Kier molecular flexibility index (Phi) is 4.20. The van der Waals surface area contributed by atoms with Gasteiger partial charge in [0.05, 0.1) is 6.26 Å². The molecule has 0 bridgehead atoms. The monoisotopic (exact) mass is 272 g/mol. The third-order valence-corrected chi connectivity index (χ3v) is 2.95. The highest BCUT2D eigenvalue weighted by Crippen LogP contribution is 2.20. The average molecular weight is 272 g/mol. The van der Waals surface area contributed by atoms with E-state index in [9.17, 15) is 9.59 Å². The van der Waals surface area contributed by atoms with Crippen molar-refractivity contribution < 1.29 is 14.0 Å². The fourth-order valence-corrected chi connectivity index (χ4v) is 1.92. The van der Waals surface area contributed by atoms with Crippen molar-refractivity contribution in [3.05, 3.63) is 53.5 Å². The van der Waals surface area contributed by atoms with Gasteiger partial charge in [-0.3, -0.25) is 10.1 Å². The Hall–Kier alpha value is -2.56. The summed E-state index contributed by atoms with van der Waals surface area (Å²) in [5, 5.41) is 4.94. The molecule has 0 unspecified atom stereocenters. The van der Waals surface area contributed by atoms with E-state index < -0.39 is 11.9 Å². The summed E-state index contributed by atoms with van der Waals surface area (Å²) in [6, 6.07) is 8.29. The van der Waals surface area contributed by atoms with E-state index in [2.05, 4.69) is 10.6 Å². The van der Waals surface area contributed by atoms with Gasteiger partial charge in [0.2, 0.25) is 0 Å². The van der Waals surface area contributed by atoms with Crippen molar-refractivity contribution >= 4 is 17.6 Å². The Bertz CT molecular complexity index is 618. The van der Waals surface area contributed by atoms with E-state index in [1.165, 1.54) is 12.3 Å². The summed E-state index contributed by atoms with van der Waals surface area (Å²) in [6.07, 6.45) is 2.17. The Morgan fingerprint density at radius 2 is 2.00 bits per heavy atom. The lowest BCUT2D eigenvalue weighted by atomic mass is 10.1. The van der Waals surface area contributed by atoms with E-state index in [1.807, 2.05) is 32.0 Å². The summed E-state index contributed by atoms with van der Waals surface area (Å²) >= 11 is 0. The molecule has 20 heavy (non-hydrogen) atoms. The molecule has 5 heteroatoms. The second-order valence-corrected chi connectivity index (χ2v) is 4.35. The van der Waals surface area contributed by atoms with Crippen LogP contribution < -0.4 is 10.6 Å². The number of rotatable bonds is 3. The van der Waals surface area contributed by atoms with Crippen LogP contribution in [0.3, 0.4) is 0 Å². The maximum Gasteiger partial charge on any atom is 0.326 e. The van der Waals surface area contributed by atoms with Gasteiger partial charge in [-0.1, -0.05) is 25.1 Å². The van der Waals surface area contributed by atoms with Crippen LogP contribution in [0, 0.1) is 6.92 Å². The van der Waals surface area contributed by atoms with Gasteiger partial charge >= 0.3 is 6.03 Å². The highest BCUT2D eigenvalue weighted by molar-refractivity contribution is 6.07. The lowest BCUT2D eigenvalue weighted by Crippen LogP contribution is -2.34. The molecule has 0 spiro atoms. The first-order valence-corrected chi connectivity index (χ1v) is 6.36. The Labute approximate surface area is 117 Å². The smallest absolute Gasteiger partial charge is 0.326 e. The van der Waals surface area contributed by atoms with E-state index in [0.29, 0.717) is 0 Å². The lowest BCUT2D eigenvalue weighted by Gasteiger charge is -2.12. The van der Waals surface area contributed by atoms with Gasteiger partial charge in [0.1, 0.15) is 0 Å². The van der Waals surface area contributed by atoms with Gasteiger partial charge in [-0.15, -0.1) is 0 Å². The van der Waals surface area contributed by atoms with Crippen LogP contribution in [0.4, 0.5) is 10.5 Å². The summed E-state index contributed by atoms with van der Waals surface area (Å²) in [5.74, 6) is -0.472. The van der Waals surface area contributed by atoms with Crippen LogP contribution in [0.5, 0.6) is 0 Å². The summed E-state index contributed by atoms with van der Waals surface area (Å²) < 4.78 is 4.92. The molecular formula is C15H16N2O3. The third kappa shape index (κ3) is 3.06. The number of amides is 3. The van der Waals surface area contributed by atoms with Gasteiger partial charge < -0.3 is 9.73 Å². The molecule has 2 N–H and O–H groups in total. The van der Waals surface area contributed by atoms with Crippen LogP contribution in [-0.2, 0) is 6.42 Å². The van der Waals surface area contributed by atoms with Crippen molar-refractivity contribution in [3.63, 3.8) is 0 Å². The Balaban J connectivity index is 2.07. The minimum absolute atomic E-state index is 0.0978. The van der Waals surface area contributed by atoms with Gasteiger partial charge in [0, 0.05) is 5.69 Å². The minimum atomic E-state index is -0.574. The van der Waals surface area contributed by atoms with Crippen molar-refractivity contribution in [1.82, 2.24) is 5.32 Å². The first-order valence-electron chi connectivity index (χ1n) is 6.36. The lowest BCUT2D eigenvalue weighted by molar-refractivity contribution is 0.0940. The molecule has 0 saturated heterocycles. The molecule has 3 amide bonds. The average Bonchev–Trinajstić information content (AvgIpc) is 2.95. The second-order valence-electron chi connectivity index (χ2n) is 4.35. The summed E-state index contributed by atoms with van der Waals surface area (Å²) in [4.78, 5) is 23.5. The number of hydrogen-bond donors (Lipinski definition) is 2. The molecule has 2 rings (SSSR count). The fraction of sp³-hybridized carbons (Fsp3) is 0.200. The van der Waals surface area contributed by atoms with Crippen molar-refractivity contribution in [1.29, 1.82) is 0 Å². The molecule has 0 radical (unpaired) electrons. The second kappa shape index (κ2) is 6.06. The van der Waals surface area contributed by atoms with Gasteiger partial charge in [-0.2, -0.15) is 0 Å². The maximum atomic E-state index is 11.9.